The van der Waals surface area contributed by atoms with E-state index in [0.29, 0.717) is 0 Å². The van der Waals surface area contributed by atoms with Crippen LogP contribution in [0.15, 0.2) is 0 Å². The second-order valence-corrected chi connectivity index (χ2v) is 5.15. The Morgan fingerprint density at radius 2 is 2.17 bits per heavy atom. The molecule has 2 fully saturated rings. The van der Waals surface area contributed by atoms with Gasteiger partial charge in [-0.1, -0.05) is 13.8 Å². The molecule has 0 N–H and O–H groups in total. The lowest BCUT2D eigenvalue weighted by atomic mass is 9.86. The van der Waals surface area contributed by atoms with Crippen LogP contribution in [-0.2, 0) is 0 Å². The molecule has 2 heterocycles. The van der Waals surface area contributed by atoms with E-state index in [0.717, 1.165) is 17.8 Å². The summed E-state index contributed by atoms with van der Waals surface area (Å²) >= 11 is 0. The Balaban J connectivity index is 1.85. The Morgan fingerprint density at radius 3 is 2.83 bits per heavy atom. The lowest BCUT2D eigenvalue weighted by Crippen LogP contribution is -2.33. The van der Waals surface area contributed by atoms with E-state index in [2.05, 4.69) is 18.7 Å². The predicted octanol–water partition coefficient (Wildman–Crippen LogP) is 2.37. The molecule has 12 heavy (non-hydrogen) atoms. The fraction of sp³-hybridized carbons (Fsp3) is 1.00. The van der Waals surface area contributed by atoms with Crippen molar-refractivity contribution in [2.45, 2.75) is 33.1 Å². The number of hydrogen-bond donors (Lipinski definition) is 0. The van der Waals surface area contributed by atoms with Crippen LogP contribution < -0.4 is 0 Å². The summed E-state index contributed by atoms with van der Waals surface area (Å²) in [6, 6.07) is 0. The van der Waals surface area contributed by atoms with Gasteiger partial charge in [-0.25, -0.2) is 0 Å². The molecule has 0 aliphatic carbocycles. The zero-order chi connectivity index (χ0) is 8.55. The molecular weight excluding hydrogens is 146 g/mol. The molecular formula is C11H21N. The van der Waals surface area contributed by atoms with Crippen molar-refractivity contribution in [2.24, 2.45) is 17.8 Å². The molecule has 70 valence electrons. The summed E-state index contributed by atoms with van der Waals surface area (Å²) < 4.78 is 0. The number of rotatable bonds is 2. The van der Waals surface area contributed by atoms with E-state index in [4.69, 9.17) is 0 Å². The molecule has 2 rings (SSSR count). The van der Waals surface area contributed by atoms with Gasteiger partial charge in [0, 0.05) is 13.1 Å². The van der Waals surface area contributed by atoms with Gasteiger partial charge in [0.25, 0.3) is 0 Å². The number of fused-ring (bicyclic) bond motifs is 2. The summed E-state index contributed by atoms with van der Waals surface area (Å²) in [4.78, 5) is 2.67. The van der Waals surface area contributed by atoms with Gasteiger partial charge >= 0.3 is 0 Å². The minimum absolute atomic E-state index is 0.897. The SMILES string of the molecule is CC(C)CC1C[C@H]2CCN(C1)C2. The van der Waals surface area contributed by atoms with E-state index in [1.165, 1.54) is 38.9 Å². The van der Waals surface area contributed by atoms with Gasteiger partial charge in [-0.05, 0) is 43.6 Å². The molecule has 0 aromatic carbocycles. The first-order valence-electron chi connectivity index (χ1n) is 5.46. The fourth-order valence-electron chi connectivity index (χ4n) is 3.02. The van der Waals surface area contributed by atoms with Gasteiger partial charge in [0.1, 0.15) is 0 Å². The molecule has 2 aliphatic heterocycles. The lowest BCUT2D eigenvalue weighted by molar-refractivity contribution is 0.182. The fourth-order valence-corrected chi connectivity index (χ4v) is 3.02. The topological polar surface area (TPSA) is 3.24 Å². The maximum absolute atomic E-state index is 2.67. The predicted molar refractivity (Wildman–Crippen MR) is 52.1 cm³/mol. The normalized spacial score (nSPS) is 40.8. The smallest absolute Gasteiger partial charge is 0.00104 e. The highest BCUT2D eigenvalue weighted by Gasteiger charge is 2.32. The molecule has 1 nitrogen and oxygen atoms in total. The highest BCUT2D eigenvalue weighted by molar-refractivity contribution is 4.85. The van der Waals surface area contributed by atoms with Crippen LogP contribution in [-0.4, -0.2) is 24.5 Å². The van der Waals surface area contributed by atoms with Gasteiger partial charge in [0.2, 0.25) is 0 Å². The van der Waals surface area contributed by atoms with Crippen LogP contribution in [0.1, 0.15) is 33.1 Å². The van der Waals surface area contributed by atoms with Crippen molar-refractivity contribution in [3.8, 4) is 0 Å². The first-order valence-corrected chi connectivity index (χ1v) is 5.46. The molecule has 0 amide bonds. The minimum Gasteiger partial charge on any atom is -0.303 e. The van der Waals surface area contributed by atoms with E-state index in [-0.39, 0.29) is 0 Å². The molecule has 0 radical (unpaired) electrons. The van der Waals surface area contributed by atoms with Crippen LogP contribution in [0, 0.1) is 17.8 Å². The van der Waals surface area contributed by atoms with Crippen molar-refractivity contribution in [3.63, 3.8) is 0 Å². The number of piperidine rings is 1. The average Bonchev–Trinajstić information content (AvgIpc) is 2.29. The zero-order valence-corrected chi connectivity index (χ0v) is 8.42. The standard InChI is InChI=1S/C11H21N/c1-9(2)5-11-6-10-3-4-12(7-10)8-11/h9-11H,3-8H2,1-2H3/t10-,11?/m1/s1. The number of hydrogen-bond acceptors (Lipinski definition) is 1. The summed E-state index contributed by atoms with van der Waals surface area (Å²) in [5, 5.41) is 0. The van der Waals surface area contributed by atoms with Gasteiger partial charge in [-0.15, -0.1) is 0 Å². The summed E-state index contributed by atoms with van der Waals surface area (Å²) in [5.74, 6) is 2.97. The number of nitrogens with zero attached hydrogens (tertiary/aromatic N) is 1. The molecule has 3 atom stereocenters. The largest absolute Gasteiger partial charge is 0.303 e. The Kier molecular flexibility index (Phi) is 2.40. The van der Waals surface area contributed by atoms with Crippen LogP contribution in [0.4, 0.5) is 0 Å². The van der Waals surface area contributed by atoms with Gasteiger partial charge in [-0.3, -0.25) is 0 Å². The minimum atomic E-state index is 0.897. The van der Waals surface area contributed by atoms with Crippen molar-refractivity contribution >= 4 is 0 Å². The molecule has 2 unspecified atom stereocenters. The Labute approximate surface area is 76.1 Å². The zero-order valence-electron chi connectivity index (χ0n) is 8.42. The molecule has 1 heteroatoms. The van der Waals surface area contributed by atoms with Crippen molar-refractivity contribution in [1.82, 2.24) is 4.90 Å². The first-order chi connectivity index (χ1) is 5.74. The quantitative estimate of drug-likeness (QED) is 0.610. The highest BCUT2D eigenvalue weighted by Crippen LogP contribution is 2.33. The third-order valence-electron chi connectivity index (χ3n) is 3.36. The van der Waals surface area contributed by atoms with E-state index in [1.807, 2.05) is 0 Å². The molecule has 2 aliphatic rings. The Morgan fingerprint density at radius 1 is 1.33 bits per heavy atom. The third kappa shape index (κ3) is 1.82. The van der Waals surface area contributed by atoms with Gasteiger partial charge in [0.05, 0.1) is 0 Å². The van der Waals surface area contributed by atoms with E-state index in [1.54, 1.807) is 0 Å². The lowest BCUT2D eigenvalue weighted by Gasteiger charge is -2.30. The first kappa shape index (κ1) is 8.55. The summed E-state index contributed by atoms with van der Waals surface area (Å²) in [6.07, 6.45) is 4.45. The third-order valence-corrected chi connectivity index (χ3v) is 3.36. The average molecular weight is 167 g/mol. The summed E-state index contributed by atoms with van der Waals surface area (Å²) in [7, 11) is 0. The molecule has 2 saturated heterocycles. The Hall–Kier alpha value is -0.0400. The summed E-state index contributed by atoms with van der Waals surface area (Å²) in [5.41, 5.74) is 0. The van der Waals surface area contributed by atoms with Gasteiger partial charge in [-0.2, -0.15) is 0 Å². The van der Waals surface area contributed by atoms with Crippen LogP contribution in [0.3, 0.4) is 0 Å². The van der Waals surface area contributed by atoms with Gasteiger partial charge in [0.15, 0.2) is 0 Å². The van der Waals surface area contributed by atoms with E-state index in [9.17, 15) is 0 Å². The molecule has 0 aromatic rings. The van der Waals surface area contributed by atoms with E-state index < -0.39 is 0 Å². The van der Waals surface area contributed by atoms with Crippen LogP contribution >= 0.6 is 0 Å². The maximum atomic E-state index is 2.67. The molecule has 0 saturated carbocycles. The highest BCUT2D eigenvalue weighted by atomic mass is 15.2. The van der Waals surface area contributed by atoms with Crippen LogP contribution in [0.5, 0.6) is 0 Å². The van der Waals surface area contributed by atoms with Crippen molar-refractivity contribution in [3.05, 3.63) is 0 Å². The Bertz CT molecular complexity index is 141. The molecule has 0 spiro atoms. The monoisotopic (exact) mass is 167 g/mol. The second-order valence-electron chi connectivity index (χ2n) is 5.15. The van der Waals surface area contributed by atoms with Crippen LogP contribution in [0.25, 0.3) is 0 Å². The summed E-state index contributed by atoms with van der Waals surface area (Å²) in [6.45, 7) is 8.90. The van der Waals surface area contributed by atoms with E-state index >= 15 is 0 Å². The van der Waals surface area contributed by atoms with Crippen molar-refractivity contribution in [2.75, 3.05) is 19.6 Å². The maximum Gasteiger partial charge on any atom is 0.00104 e. The second kappa shape index (κ2) is 3.37. The molecule has 0 aromatic heterocycles. The van der Waals surface area contributed by atoms with Crippen molar-refractivity contribution < 1.29 is 0 Å². The molecule has 2 bridgehead atoms. The van der Waals surface area contributed by atoms with Gasteiger partial charge < -0.3 is 4.90 Å². The van der Waals surface area contributed by atoms with Crippen molar-refractivity contribution in [1.29, 1.82) is 0 Å². The van der Waals surface area contributed by atoms with Crippen LogP contribution in [0.2, 0.25) is 0 Å².